The van der Waals surface area contributed by atoms with Gasteiger partial charge in [-0.3, -0.25) is 9.59 Å². The molecule has 2 aromatic carbocycles. The molecule has 0 bridgehead atoms. The third kappa shape index (κ3) is 6.51. The highest BCUT2D eigenvalue weighted by atomic mass is 35.5. The van der Waals surface area contributed by atoms with Crippen molar-refractivity contribution in [2.75, 3.05) is 12.8 Å². The number of amides is 2. The van der Waals surface area contributed by atoms with Gasteiger partial charge in [0, 0.05) is 29.9 Å². The second-order valence-electron chi connectivity index (χ2n) is 6.50. The van der Waals surface area contributed by atoms with Crippen LogP contribution in [0, 0.1) is 5.82 Å². The molecule has 1 unspecified atom stereocenters. The van der Waals surface area contributed by atoms with Gasteiger partial charge in [-0.05, 0) is 36.2 Å². The molecule has 2 aromatic rings. The van der Waals surface area contributed by atoms with E-state index in [1.807, 2.05) is 6.92 Å². The largest absolute Gasteiger partial charge is 0.357 e. The first-order valence-electron chi connectivity index (χ1n) is 9.24. The highest BCUT2D eigenvalue weighted by Crippen LogP contribution is 2.26. The molecule has 0 heterocycles. The van der Waals surface area contributed by atoms with Gasteiger partial charge in [-0.2, -0.15) is 0 Å². The number of carbonyl (C=O) groups excluding carboxylic acids is 2. The second-order valence-corrected chi connectivity index (χ2v) is 8.71. The zero-order chi connectivity index (χ0) is 22.3. The Balaban J connectivity index is 2.16. The van der Waals surface area contributed by atoms with Gasteiger partial charge in [0.15, 0.2) is 0 Å². The van der Waals surface area contributed by atoms with Crippen LogP contribution in [0.4, 0.5) is 4.39 Å². The van der Waals surface area contributed by atoms with Crippen LogP contribution in [0.3, 0.4) is 0 Å². The summed E-state index contributed by atoms with van der Waals surface area (Å²) >= 11 is 19.4. The molecule has 30 heavy (non-hydrogen) atoms. The van der Waals surface area contributed by atoms with Crippen LogP contribution in [0.25, 0.3) is 0 Å². The Labute approximate surface area is 195 Å². The Morgan fingerprint density at radius 2 is 1.87 bits per heavy atom. The van der Waals surface area contributed by atoms with E-state index in [-0.39, 0.29) is 29.9 Å². The van der Waals surface area contributed by atoms with E-state index < -0.39 is 11.9 Å². The highest BCUT2D eigenvalue weighted by Gasteiger charge is 2.28. The second kappa shape index (κ2) is 11.8. The van der Waals surface area contributed by atoms with Gasteiger partial charge in [-0.1, -0.05) is 53.9 Å². The van der Waals surface area contributed by atoms with E-state index in [2.05, 4.69) is 5.32 Å². The van der Waals surface area contributed by atoms with E-state index in [1.165, 1.54) is 35.8 Å². The van der Waals surface area contributed by atoms with Crippen molar-refractivity contribution in [3.8, 4) is 0 Å². The van der Waals surface area contributed by atoms with Gasteiger partial charge in [-0.25, -0.2) is 4.39 Å². The maximum atomic E-state index is 14.0. The SMILES string of the molecule is CCC(C(=O)NC)N(Cc1ccc(Cl)c(Cl)c1)C(=O)CSCc1c(F)cccc1Cl. The molecule has 0 aliphatic carbocycles. The lowest BCUT2D eigenvalue weighted by Gasteiger charge is -2.30. The van der Waals surface area contributed by atoms with Crippen molar-refractivity contribution in [1.29, 1.82) is 0 Å². The summed E-state index contributed by atoms with van der Waals surface area (Å²) in [5.41, 5.74) is 1.11. The van der Waals surface area contributed by atoms with Gasteiger partial charge in [0.1, 0.15) is 11.9 Å². The molecule has 0 spiro atoms. The number of thioether (sulfide) groups is 1. The van der Waals surface area contributed by atoms with Gasteiger partial charge in [0.05, 0.1) is 15.8 Å². The van der Waals surface area contributed by atoms with Crippen molar-refractivity contribution >= 4 is 58.4 Å². The highest BCUT2D eigenvalue weighted by molar-refractivity contribution is 7.99. The Morgan fingerprint density at radius 3 is 2.47 bits per heavy atom. The van der Waals surface area contributed by atoms with Gasteiger partial charge in [-0.15, -0.1) is 11.8 Å². The quantitative estimate of drug-likeness (QED) is 0.499. The van der Waals surface area contributed by atoms with Crippen LogP contribution in [0.2, 0.25) is 15.1 Å². The molecule has 9 heteroatoms. The van der Waals surface area contributed by atoms with Gasteiger partial charge in [0.2, 0.25) is 11.8 Å². The molecule has 0 aromatic heterocycles. The molecule has 0 radical (unpaired) electrons. The zero-order valence-electron chi connectivity index (χ0n) is 16.6. The topological polar surface area (TPSA) is 49.4 Å². The minimum absolute atomic E-state index is 0.0689. The van der Waals surface area contributed by atoms with Crippen LogP contribution < -0.4 is 5.32 Å². The van der Waals surface area contributed by atoms with Crippen molar-refractivity contribution < 1.29 is 14.0 Å². The molecule has 0 saturated heterocycles. The maximum absolute atomic E-state index is 14.0. The molecule has 4 nitrogen and oxygen atoms in total. The van der Waals surface area contributed by atoms with E-state index in [0.29, 0.717) is 27.1 Å². The minimum Gasteiger partial charge on any atom is -0.357 e. The molecule has 0 aliphatic rings. The van der Waals surface area contributed by atoms with Crippen molar-refractivity contribution in [1.82, 2.24) is 10.2 Å². The van der Waals surface area contributed by atoms with E-state index in [0.717, 1.165) is 5.56 Å². The maximum Gasteiger partial charge on any atom is 0.242 e. The van der Waals surface area contributed by atoms with Crippen LogP contribution >= 0.6 is 46.6 Å². The lowest BCUT2D eigenvalue weighted by atomic mass is 10.1. The Kier molecular flexibility index (Phi) is 9.75. The standard InChI is InChI=1S/C21H22Cl3FN2O2S/c1-3-19(21(29)26-2)27(10-13-7-8-16(23)17(24)9-13)20(28)12-30-11-14-15(22)5-4-6-18(14)25/h4-9,19H,3,10-12H2,1-2H3,(H,26,29). The third-order valence-electron chi connectivity index (χ3n) is 4.50. The zero-order valence-corrected chi connectivity index (χ0v) is 19.6. The molecule has 0 saturated carbocycles. The fraction of sp³-hybridized carbons (Fsp3) is 0.333. The van der Waals surface area contributed by atoms with E-state index in [4.69, 9.17) is 34.8 Å². The lowest BCUT2D eigenvalue weighted by Crippen LogP contribution is -2.48. The lowest BCUT2D eigenvalue weighted by molar-refractivity contribution is -0.139. The summed E-state index contributed by atoms with van der Waals surface area (Å²) in [4.78, 5) is 26.9. The smallest absolute Gasteiger partial charge is 0.242 e. The molecule has 0 aliphatic heterocycles. The first kappa shape index (κ1) is 24.8. The molecule has 162 valence electrons. The number of hydrogen-bond donors (Lipinski definition) is 1. The third-order valence-corrected chi connectivity index (χ3v) is 6.54. The van der Waals surface area contributed by atoms with Crippen molar-refractivity contribution in [2.45, 2.75) is 31.7 Å². The fourth-order valence-electron chi connectivity index (χ4n) is 2.91. The summed E-state index contributed by atoms with van der Waals surface area (Å²) in [5, 5.41) is 3.70. The Hall–Kier alpha value is -1.47. The predicted octanol–water partition coefficient (Wildman–Crippen LogP) is 5.57. The molecule has 2 rings (SSSR count). The van der Waals surface area contributed by atoms with E-state index in [9.17, 15) is 14.0 Å². The first-order valence-corrected chi connectivity index (χ1v) is 11.5. The van der Waals surface area contributed by atoms with Crippen molar-refractivity contribution in [2.24, 2.45) is 0 Å². The number of halogens is 4. The number of carbonyl (C=O) groups is 2. The number of benzene rings is 2. The van der Waals surface area contributed by atoms with Crippen LogP contribution in [-0.4, -0.2) is 35.6 Å². The van der Waals surface area contributed by atoms with Crippen LogP contribution in [0.15, 0.2) is 36.4 Å². The van der Waals surface area contributed by atoms with Crippen molar-refractivity contribution in [3.63, 3.8) is 0 Å². The summed E-state index contributed by atoms with van der Waals surface area (Å²) in [6, 6.07) is 8.92. The van der Waals surface area contributed by atoms with Crippen LogP contribution in [0.1, 0.15) is 24.5 Å². The number of nitrogens with one attached hydrogen (secondary N) is 1. The van der Waals surface area contributed by atoms with Crippen LogP contribution in [0.5, 0.6) is 0 Å². The predicted molar refractivity (Wildman–Crippen MR) is 123 cm³/mol. The summed E-state index contributed by atoms with van der Waals surface area (Å²) in [7, 11) is 1.53. The van der Waals surface area contributed by atoms with E-state index >= 15 is 0 Å². The van der Waals surface area contributed by atoms with Gasteiger partial charge < -0.3 is 10.2 Å². The summed E-state index contributed by atoms with van der Waals surface area (Å²) in [6.45, 7) is 2.03. The average molecular weight is 492 g/mol. The first-order chi connectivity index (χ1) is 14.3. The Morgan fingerprint density at radius 1 is 1.13 bits per heavy atom. The molecule has 2 amide bonds. The normalized spacial score (nSPS) is 11.8. The fourth-order valence-corrected chi connectivity index (χ4v) is 4.48. The molecule has 1 N–H and O–H groups in total. The minimum atomic E-state index is -0.644. The molecular weight excluding hydrogens is 470 g/mol. The van der Waals surface area contributed by atoms with Crippen LogP contribution in [-0.2, 0) is 21.9 Å². The number of nitrogens with zero attached hydrogens (tertiary/aromatic N) is 1. The number of likely N-dealkylation sites (N-methyl/N-ethyl adjacent to an activating group) is 1. The molecule has 0 fully saturated rings. The monoisotopic (exact) mass is 490 g/mol. The molecular formula is C21H22Cl3FN2O2S. The Bertz CT molecular complexity index is 894. The molecule has 1 atom stereocenters. The van der Waals surface area contributed by atoms with Crippen molar-refractivity contribution in [3.05, 3.63) is 68.4 Å². The van der Waals surface area contributed by atoms with E-state index in [1.54, 1.807) is 24.3 Å². The van der Waals surface area contributed by atoms with Gasteiger partial charge >= 0.3 is 0 Å². The number of rotatable bonds is 9. The average Bonchev–Trinajstić information content (AvgIpc) is 2.72. The summed E-state index contributed by atoms with van der Waals surface area (Å²) < 4.78 is 14.0. The van der Waals surface area contributed by atoms with Gasteiger partial charge in [0.25, 0.3) is 0 Å². The number of hydrogen-bond acceptors (Lipinski definition) is 3. The summed E-state index contributed by atoms with van der Waals surface area (Å²) in [6.07, 6.45) is 0.441. The summed E-state index contributed by atoms with van der Waals surface area (Å²) in [5.74, 6) is -0.595.